The minimum atomic E-state index is 0. The van der Waals surface area contributed by atoms with Crippen LogP contribution in [0.3, 0.4) is 0 Å². The quantitative estimate of drug-likeness (QED) is 0.0281. The average Bonchev–Trinajstić information content (AvgIpc) is 0.908. The first-order valence-electron chi connectivity index (χ1n) is 43.8. The summed E-state index contributed by atoms with van der Waals surface area (Å²) in [7, 11) is 0. The van der Waals surface area contributed by atoms with Crippen molar-refractivity contribution < 1.29 is 47.2 Å². The molecule has 0 spiro atoms. The number of benzene rings is 10. The zero-order chi connectivity index (χ0) is 81.7. The van der Waals surface area contributed by atoms with Gasteiger partial charge in [-0.3, -0.25) is 23.5 Å². The van der Waals surface area contributed by atoms with Crippen molar-refractivity contribution in [3.05, 3.63) is 298 Å². The van der Waals surface area contributed by atoms with Gasteiger partial charge in [0.25, 0.3) is 0 Å². The molecule has 0 atom stereocenters. The summed E-state index contributed by atoms with van der Waals surface area (Å²) in [6.07, 6.45) is 46.5. The fourth-order valence-electron chi connectivity index (χ4n) is 13.1. The third kappa shape index (κ3) is 53.0. The van der Waals surface area contributed by atoms with E-state index in [1.54, 1.807) is 0 Å². The van der Waals surface area contributed by atoms with Crippen molar-refractivity contribution in [2.45, 2.75) is 317 Å². The molecule has 10 rings (SSSR count). The Labute approximate surface area is 748 Å². The SMILES string of the molecule is CCCCCCCCc1ccc(COc2ccc([S])cc2)cc1.CCCCCCCCc1ccc(COc2ccc([S])cc2)cc1.CCCCCCCCc1ccc(COc2ccc([S])cc2)cc1.CCCCCCCCc1ccc(COc2ccc([S])cc2)cc1.CCCCCCCCc1ccc(COc2ccc([S])cc2)cc1.F.F.F.F.F. The number of hydrogen-bond acceptors (Lipinski definition) is 5. The second-order valence-corrected chi connectivity index (χ2v) is 32.8. The number of halogens is 5. The molecule has 0 amide bonds. The van der Waals surface area contributed by atoms with Crippen molar-refractivity contribution in [1.82, 2.24) is 0 Å². The van der Waals surface area contributed by atoms with Gasteiger partial charge in [0.15, 0.2) is 0 Å². The third-order valence-electron chi connectivity index (χ3n) is 20.4. The van der Waals surface area contributed by atoms with Gasteiger partial charge in [0.1, 0.15) is 61.8 Å². The lowest BCUT2D eigenvalue weighted by Gasteiger charge is -2.07. The molecule has 655 valence electrons. The highest BCUT2D eigenvalue weighted by Crippen LogP contribution is 2.25. The molecule has 0 saturated carbocycles. The second-order valence-electron chi connectivity index (χ2n) is 30.5. The lowest BCUT2D eigenvalue weighted by molar-refractivity contribution is 0.306. The number of aryl methyl sites for hydroxylation is 5. The molecule has 10 aromatic carbocycles. The van der Waals surface area contributed by atoms with Gasteiger partial charge in [-0.15, -0.1) is 0 Å². The lowest BCUT2D eigenvalue weighted by Crippen LogP contribution is -1.96. The van der Waals surface area contributed by atoms with Gasteiger partial charge < -0.3 is 23.7 Å². The van der Waals surface area contributed by atoms with Crippen molar-refractivity contribution in [2.24, 2.45) is 0 Å². The fourth-order valence-corrected chi connectivity index (χ4v) is 13.8. The van der Waals surface area contributed by atoms with Crippen LogP contribution in [0.2, 0.25) is 0 Å². The van der Waals surface area contributed by atoms with Crippen LogP contribution in [0.1, 0.15) is 283 Å². The molecule has 0 saturated heterocycles. The molecule has 0 N–H and O–H groups in total. The third-order valence-corrected chi connectivity index (χ3v) is 21.7. The van der Waals surface area contributed by atoms with Gasteiger partial charge in [-0.25, -0.2) is 0 Å². The molecule has 5 nitrogen and oxygen atoms in total. The maximum atomic E-state index is 5.78. The molecule has 0 aliphatic heterocycles. The molecule has 5 radical (unpaired) electrons. The van der Waals surface area contributed by atoms with Gasteiger partial charge in [-0.05, 0) is 241 Å². The lowest BCUT2D eigenvalue weighted by atomic mass is 10.0. The van der Waals surface area contributed by atoms with Crippen molar-refractivity contribution >= 4 is 63.1 Å². The van der Waals surface area contributed by atoms with E-state index in [4.69, 9.17) is 86.8 Å². The van der Waals surface area contributed by atoms with Gasteiger partial charge in [0, 0.05) is 24.5 Å². The summed E-state index contributed by atoms with van der Waals surface area (Å²) in [5.41, 5.74) is 13.2. The van der Waals surface area contributed by atoms with Crippen LogP contribution < -0.4 is 23.7 Å². The summed E-state index contributed by atoms with van der Waals surface area (Å²) >= 11 is 25.4. The molecule has 0 aliphatic rings. The Balaban J connectivity index is 0.000000742. The van der Waals surface area contributed by atoms with Crippen LogP contribution in [0.4, 0.5) is 23.5 Å². The molecule has 15 heteroatoms. The van der Waals surface area contributed by atoms with Crippen LogP contribution in [-0.2, 0) is 65.1 Å². The molecule has 10 aromatic rings. The monoisotopic (exact) mass is 1740 g/mol. The molecule has 0 bridgehead atoms. The van der Waals surface area contributed by atoms with Crippen molar-refractivity contribution in [3.8, 4) is 28.7 Å². The second kappa shape index (κ2) is 71.5. The van der Waals surface area contributed by atoms with E-state index in [2.05, 4.69) is 156 Å². The number of unbranched alkanes of at least 4 members (excludes halogenated alkanes) is 25. The number of ether oxygens (including phenoxy) is 5. The standard InChI is InChI=1S/5C21H27OS.5FH/c5*1-2-3-4-5-6-7-8-18-9-11-19(12-10-18)17-22-20-13-15-21(23)16-14-20;;;;;/h5*9-16H,2-8,17H2,1H3;5*1H. The van der Waals surface area contributed by atoms with E-state index in [-0.39, 0.29) is 23.5 Å². The predicted molar refractivity (Wildman–Crippen MR) is 513 cm³/mol. The van der Waals surface area contributed by atoms with Crippen molar-refractivity contribution in [2.75, 3.05) is 0 Å². The summed E-state index contributed by atoms with van der Waals surface area (Å²) in [4.78, 5) is 4.22. The maximum absolute atomic E-state index is 5.78. The van der Waals surface area contributed by atoms with Gasteiger partial charge in [-0.2, -0.15) is 0 Å². The van der Waals surface area contributed by atoms with Crippen molar-refractivity contribution in [1.29, 1.82) is 0 Å². The minimum Gasteiger partial charge on any atom is -0.489 e. The van der Waals surface area contributed by atoms with Crippen LogP contribution in [0.15, 0.2) is 267 Å². The summed E-state index contributed by atoms with van der Waals surface area (Å²) in [6, 6.07) is 82.3. The fraction of sp³-hybridized carbons (Fsp3) is 0.429. The largest absolute Gasteiger partial charge is 0.489 e. The topological polar surface area (TPSA) is 46.2 Å². The maximum Gasteiger partial charge on any atom is 0.119 e. The molecule has 0 heterocycles. The highest BCUT2D eigenvalue weighted by Gasteiger charge is 2.06. The first kappa shape index (κ1) is 110. The summed E-state index contributed by atoms with van der Waals surface area (Å²) in [6.45, 7) is 14.3. The Morgan fingerprint density at radius 1 is 0.150 bits per heavy atom. The smallest absolute Gasteiger partial charge is 0.119 e. The zero-order valence-electron chi connectivity index (χ0n) is 72.5. The first-order chi connectivity index (χ1) is 56.4. The van der Waals surface area contributed by atoms with Crippen LogP contribution in [-0.4, -0.2) is 0 Å². The van der Waals surface area contributed by atoms with E-state index in [0.717, 1.165) is 53.2 Å². The van der Waals surface area contributed by atoms with Crippen LogP contribution in [0, 0.1) is 0 Å². The minimum absolute atomic E-state index is 0. The van der Waals surface area contributed by atoms with E-state index in [1.165, 1.54) is 280 Å². The predicted octanol–water partition coefficient (Wildman–Crippen LogP) is 34.4. The first-order valence-corrected chi connectivity index (χ1v) is 45.8. The Morgan fingerprint density at radius 3 is 0.400 bits per heavy atom. The normalized spacial score (nSPS) is 10.2. The Morgan fingerprint density at radius 2 is 0.267 bits per heavy atom. The van der Waals surface area contributed by atoms with Gasteiger partial charge in [0.2, 0.25) is 0 Å². The molecule has 120 heavy (non-hydrogen) atoms. The number of rotatable bonds is 50. The van der Waals surface area contributed by atoms with E-state index >= 15 is 0 Å². The summed E-state index contributed by atoms with van der Waals surface area (Å²) < 4.78 is 28.9. The van der Waals surface area contributed by atoms with E-state index in [9.17, 15) is 0 Å². The molecule has 0 fully saturated rings. The van der Waals surface area contributed by atoms with Crippen LogP contribution >= 0.6 is 63.1 Å². The van der Waals surface area contributed by atoms with Gasteiger partial charge in [-0.1, -0.05) is 380 Å². The Hall–Kier alpha value is -8.05. The Bertz CT molecular complexity index is 3360. The average molecular weight is 1740 g/mol. The molecular formula is C105H140F5O5S5. The Kier molecular flexibility index (Phi) is 65.5. The van der Waals surface area contributed by atoms with Gasteiger partial charge >= 0.3 is 0 Å². The van der Waals surface area contributed by atoms with E-state index in [0.29, 0.717) is 33.0 Å². The van der Waals surface area contributed by atoms with Crippen molar-refractivity contribution in [3.63, 3.8) is 0 Å². The van der Waals surface area contributed by atoms with E-state index in [1.807, 2.05) is 121 Å². The van der Waals surface area contributed by atoms with E-state index < -0.39 is 0 Å². The summed E-state index contributed by atoms with van der Waals surface area (Å²) in [5.74, 6) is 4.35. The zero-order valence-corrected chi connectivity index (χ0v) is 76.6. The summed E-state index contributed by atoms with van der Waals surface area (Å²) in [5, 5.41) is 0. The van der Waals surface area contributed by atoms with Crippen LogP contribution in [0.25, 0.3) is 0 Å². The van der Waals surface area contributed by atoms with Crippen LogP contribution in [0.5, 0.6) is 28.7 Å². The molecule has 0 aromatic heterocycles. The molecular weight excluding hydrogens is 1600 g/mol. The molecule has 0 unspecified atom stereocenters. The highest BCUT2D eigenvalue weighted by molar-refractivity contribution is 7.81. The number of hydrogen-bond donors (Lipinski definition) is 0. The van der Waals surface area contributed by atoms with Gasteiger partial charge in [0.05, 0.1) is 0 Å². The molecule has 0 aliphatic carbocycles. The highest BCUT2D eigenvalue weighted by atomic mass is 32.1.